The number of hydrogen-bond donors (Lipinski definition) is 1. The molecule has 11 aromatic rings. The van der Waals surface area contributed by atoms with E-state index in [0.717, 1.165) is 22.5 Å². The van der Waals surface area contributed by atoms with Gasteiger partial charge in [0.05, 0.1) is 16.4 Å². The molecule has 10 aromatic carbocycles. The van der Waals surface area contributed by atoms with E-state index in [0.29, 0.717) is 0 Å². The summed E-state index contributed by atoms with van der Waals surface area (Å²) in [6.07, 6.45) is 14.5. The highest BCUT2D eigenvalue weighted by Crippen LogP contribution is 2.57. The Morgan fingerprint density at radius 2 is 1.05 bits per heavy atom. The van der Waals surface area contributed by atoms with E-state index in [1.807, 2.05) is 46.8 Å². The van der Waals surface area contributed by atoms with Crippen molar-refractivity contribution in [3.05, 3.63) is 324 Å². The van der Waals surface area contributed by atoms with Crippen LogP contribution in [0.2, 0.25) is 0 Å². The number of nitrogens with zero attached hydrogens (tertiary/aromatic N) is 1. The molecule has 0 bridgehead atoms. The quantitative estimate of drug-likeness (QED) is 0.135. The molecule has 0 atom stereocenters. The summed E-state index contributed by atoms with van der Waals surface area (Å²) >= 11 is 0. The highest BCUT2D eigenvalue weighted by atomic mass is 15.0. The van der Waals surface area contributed by atoms with Gasteiger partial charge in [-0.25, -0.2) is 0 Å². The van der Waals surface area contributed by atoms with Crippen LogP contribution in [-0.2, 0) is 5.41 Å². The van der Waals surface area contributed by atoms with Crippen LogP contribution >= 0.6 is 0 Å². The van der Waals surface area contributed by atoms with E-state index in [1.54, 1.807) is 6.08 Å². The van der Waals surface area contributed by atoms with Crippen LogP contribution < -0.4 is 5.32 Å². The fourth-order valence-electron chi connectivity index (χ4n) is 11.1. The predicted octanol–water partition coefficient (Wildman–Crippen LogP) is 21.1. The van der Waals surface area contributed by atoms with Crippen LogP contribution in [0, 0.1) is 13.8 Å². The van der Waals surface area contributed by atoms with Gasteiger partial charge in [-0.3, -0.25) is 0 Å². The lowest BCUT2D eigenvalue weighted by molar-refractivity contribution is 0.769. The molecule has 0 unspecified atom stereocenters. The van der Waals surface area contributed by atoms with Crippen LogP contribution in [0.25, 0.3) is 72.2 Å². The van der Waals surface area contributed by atoms with Gasteiger partial charge in [0.1, 0.15) is 0 Å². The second kappa shape index (κ2) is 25.1. The molecule has 78 heavy (non-hydrogen) atoms. The first-order valence-electron chi connectivity index (χ1n) is 27.6. The van der Waals surface area contributed by atoms with Gasteiger partial charge in [-0.2, -0.15) is 0 Å². The maximum Gasteiger partial charge on any atom is 0.0714 e. The molecule has 1 N–H and O–H groups in total. The van der Waals surface area contributed by atoms with Gasteiger partial charge in [0.25, 0.3) is 0 Å². The van der Waals surface area contributed by atoms with Crippen LogP contribution in [0.3, 0.4) is 0 Å². The highest BCUT2D eigenvalue weighted by molar-refractivity contribution is 6.14. The summed E-state index contributed by atoms with van der Waals surface area (Å²) in [6, 6.07) is 86.2. The van der Waals surface area contributed by atoms with Gasteiger partial charge >= 0.3 is 0 Å². The molecule has 0 fully saturated rings. The first kappa shape index (κ1) is 53.6. The van der Waals surface area contributed by atoms with Gasteiger partial charge in [0, 0.05) is 33.9 Å². The van der Waals surface area contributed by atoms with Crippen LogP contribution in [0.4, 0.5) is 5.69 Å². The molecule has 0 amide bonds. The monoisotopic (exact) mass is 1010 g/mol. The molecular formula is C76H70N2. The normalized spacial score (nSPS) is 13.4. The molecule has 384 valence electrons. The van der Waals surface area contributed by atoms with Crippen LogP contribution in [0.5, 0.6) is 0 Å². The minimum absolute atomic E-state index is 0.539. The van der Waals surface area contributed by atoms with Gasteiger partial charge in [-0.15, -0.1) is 0 Å². The Morgan fingerprint density at radius 1 is 0.474 bits per heavy atom. The second-order valence-corrected chi connectivity index (χ2v) is 19.0. The van der Waals surface area contributed by atoms with Crippen LogP contribution in [0.1, 0.15) is 73.6 Å². The zero-order chi connectivity index (χ0) is 54.4. The van der Waals surface area contributed by atoms with Crippen molar-refractivity contribution in [3.63, 3.8) is 0 Å². The molecule has 0 spiro atoms. The number of para-hydroxylation sites is 1. The lowest BCUT2D eigenvalue weighted by Crippen LogP contribution is -2.28. The van der Waals surface area contributed by atoms with Gasteiger partial charge < -0.3 is 9.88 Å². The molecule has 0 aliphatic heterocycles. The van der Waals surface area contributed by atoms with Gasteiger partial charge in [0.15, 0.2) is 0 Å². The number of rotatable bonds is 10. The smallest absolute Gasteiger partial charge is 0.0714 e. The van der Waals surface area contributed by atoms with E-state index < -0.39 is 5.41 Å². The zero-order valence-corrected chi connectivity index (χ0v) is 46.2. The Kier molecular flexibility index (Phi) is 17.2. The summed E-state index contributed by atoms with van der Waals surface area (Å²) in [5.41, 5.74) is 19.9. The molecule has 2 heteroatoms. The van der Waals surface area contributed by atoms with Crippen LogP contribution in [0.15, 0.2) is 285 Å². The first-order chi connectivity index (χ1) is 38.5. The second-order valence-electron chi connectivity index (χ2n) is 19.0. The predicted molar refractivity (Wildman–Crippen MR) is 341 cm³/mol. The first-order valence-corrected chi connectivity index (χ1v) is 27.6. The summed E-state index contributed by atoms with van der Waals surface area (Å²) in [5, 5.41) is 8.83. The van der Waals surface area contributed by atoms with E-state index in [-0.39, 0.29) is 0 Å². The molecule has 12 rings (SSSR count). The van der Waals surface area contributed by atoms with E-state index in [4.69, 9.17) is 0 Å². The number of nitrogens with one attached hydrogen (secondary N) is 1. The zero-order valence-electron chi connectivity index (χ0n) is 46.2. The molecule has 1 aromatic heterocycles. The highest BCUT2D eigenvalue weighted by Gasteiger charge is 2.48. The van der Waals surface area contributed by atoms with Crippen molar-refractivity contribution < 1.29 is 0 Å². The Hall–Kier alpha value is -9.24. The average molecular weight is 1010 g/mol. The van der Waals surface area contributed by atoms with Gasteiger partial charge in [0.2, 0.25) is 0 Å². The molecular weight excluding hydrogens is 941 g/mol. The Bertz CT molecular complexity index is 3900. The van der Waals surface area contributed by atoms with Crippen molar-refractivity contribution in [2.24, 2.45) is 0 Å². The summed E-state index contributed by atoms with van der Waals surface area (Å²) in [6.45, 7) is 17.9. The fraction of sp³-hybridized carbons (Fsp3) is 0.105. The average Bonchev–Trinajstić information content (AvgIpc) is 4.21. The molecule has 1 aliphatic rings. The standard InChI is InChI=1S/C67H50N2.C5H8.2C2H6/c1-46-34-37-55(68-45-62-58-31-17-18-32-63(58)67(53-25-9-4-10-26-53,54-27-11-5-12-28-54)64(62)33-19-22-48-20-7-3-8-21-48)44-59(46)57-38-35-51(40-47(57)2)52-36-39-65-60(42-52)61-41-49-23-15-16-24-50(49)43-66(61)69(65)56-29-13-6-14-30-56;1-3-5-4-2;2*1-2/h3-45,68H,1-2H3;3-5H,1H2,2H3;2*1-2H3/b22-19-,62-45+,64-33+;5-4-;;. The molecule has 0 radical (unpaired) electrons. The number of hydrogen-bond acceptors (Lipinski definition) is 1. The van der Waals surface area contributed by atoms with Crippen molar-refractivity contribution >= 4 is 49.9 Å². The Morgan fingerprint density at radius 3 is 1.69 bits per heavy atom. The SMILES string of the molecule is C=C/C=C\C.CC.CC.Cc1cc(-c2ccc3c(c2)c2cc4ccccc4cc2n3-c2ccccc2)ccc1-c1cc(N/C=C2/C(=C\C=C/c3ccccc3)C(c3ccccc3)(c3ccccc3)c3ccccc32)ccc1C. The minimum Gasteiger partial charge on any atom is -0.361 e. The van der Waals surface area contributed by atoms with E-state index >= 15 is 0 Å². The third-order valence-corrected chi connectivity index (χ3v) is 14.5. The maximum absolute atomic E-state index is 3.83. The number of anilines is 1. The van der Waals surface area contributed by atoms with Crippen molar-refractivity contribution in [3.8, 4) is 27.9 Å². The lowest BCUT2D eigenvalue weighted by atomic mass is 9.67. The van der Waals surface area contributed by atoms with E-state index in [1.165, 1.54) is 93.8 Å². The number of benzene rings is 10. The third kappa shape index (κ3) is 10.6. The summed E-state index contributed by atoms with van der Waals surface area (Å²) in [5.74, 6) is 0. The van der Waals surface area contributed by atoms with E-state index in [2.05, 4.69) is 291 Å². The number of allylic oxidation sites excluding steroid dienone is 7. The largest absolute Gasteiger partial charge is 0.361 e. The van der Waals surface area contributed by atoms with Crippen molar-refractivity contribution in [1.82, 2.24) is 4.57 Å². The third-order valence-electron chi connectivity index (χ3n) is 14.5. The molecule has 1 heterocycles. The number of aryl methyl sites for hydroxylation is 2. The maximum atomic E-state index is 3.83. The topological polar surface area (TPSA) is 17.0 Å². The summed E-state index contributed by atoms with van der Waals surface area (Å²) in [7, 11) is 0. The Labute approximate surface area is 463 Å². The van der Waals surface area contributed by atoms with Gasteiger partial charge in [-0.05, 0) is 147 Å². The lowest BCUT2D eigenvalue weighted by Gasteiger charge is -2.34. The number of fused-ring (bicyclic) bond motifs is 5. The Balaban J connectivity index is 0.000000771. The molecule has 0 saturated carbocycles. The summed E-state index contributed by atoms with van der Waals surface area (Å²) in [4.78, 5) is 0. The van der Waals surface area contributed by atoms with Gasteiger partial charge in [-0.1, -0.05) is 259 Å². The van der Waals surface area contributed by atoms with Crippen molar-refractivity contribution in [2.45, 2.75) is 53.9 Å². The summed E-state index contributed by atoms with van der Waals surface area (Å²) < 4.78 is 2.41. The fourth-order valence-corrected chi connectivity index (χ4v) is 11.1. The van der Waals surface area contributed by atoms with Crippen molar-refractivity contribution in [1.29, 1.82) is 0 Å². The van der Waals surface area contributed by atoms with E-state index in [9.17, 15) is 0 Å². The van der Waals surface area contributed by atoms with Crippen molar-refractivity contribution in [2.75, 3.05) is 5.32 Å². The number of aromatic nitrogens is 1. The molecule has 2 nitrogen and oxygen atoms in total. The van der Waals surface area contributed by atoms with Crippen LogP contribution in [-0.4, -0.2) is 4.57 Å². The molecule has 0 saturated heterocycles. The minimum atomic E-state index is -0.539. The molecule has 1 aliphatic carbocycles.